The highest BCUT2D eigenvalue weighted by Crippen LogP contribution is 2.26. The lowest BCUT2D eigenvalue weighted by Crippen LogP contribution is -2.37. The first-order valence-corrected chi connectivity index (χ1v) is 8.32. The summed E-state index contributed by atoms with van der Waals surface area (Å²) in [5.74, 6) is -3.76. The number of carbonyl (C=O) groups excluding carboxylic acids is 1. The van der Waals surface area contributed by atoms with Crippen molar-refractivity contribution in [3.63, 3.8) is 0 Å². The first kappa shape index (κ1) is 17.4. The van der Waals surface area contributed by atoms with Crippen molar-refractivity contribution >= 4 is 5.91 Å². The maximum absolute atomic E-state index is 13.8. The molecule has 0 aliphatic carbocycles. The van der Waals surface area contributed by atoms with Gasteiger partial charge in [-0.3, -0.25) is 9.69 Å². The summed E-state index contributed by atoms with van der Waals surface area (Å²) in [7, 11) is 0. The van der Waals surface area contributed by atoms with Crippen LogP contribution >= 0.6 is 0 Å². The van der Waals surface area contributed by atoms with Crippen molar-refractivity contribution in [1.29, 1.82) is 0 Å². The second kappa shape index (κ2) is 7.61. The molecule has 2 aromatic rings. The van der Waals surface area contributed by atoms with Crippen molar-refractivity contribution in [3.8, 4) is 5.75 Å². The van der Waals surface area contributed by atoms with Crippen molar-refractivity contribution in [2.24, 2.45) is 0 Å². The normalized spacial score (nSPS) is 15.9. The fourth-order valence-electron chi connectivity index (χ4n) is 3.22. The summed E-state index contributed by atoms with van der Waals surface area (Å²) in [5, 5.41) is 12.3. The van der Waals surface area contributed by atoms with Crippen LogP contribution in [0.4, 0.5) is 8.78 Å². The van der Waals surface area contributed by atoms with Gasteiger partial charge in [-0.1, -0.05) is 30.3 Å². The molecule has 0 spiro atoms. The van der Waals surface area contributed by atoms with Gasteiger partial charge in [0.2, 0.25) is 0 Å². The number of nitrogens with one attached hydrogen (secondary N) is 1. The summed E-state index contributed by atoms with van der Waals surface area (Å²) in [6.45, 7) is 2.10. The number of benzene rings is 2. The Bertz CT molecular complexity index is 747. The number of nitrogens with zero attached hydrogens (tertiary/aromatic N) is 1. The molecule has 1 fully saturated rings. The van der Waals surface area contributed by atoms with Crippen molar-refractivity contribution in [3.05, 3.63) is 65.2 Å². The Balaban J connectivity index is 1.77. The minimum absolute atomic E-state index is 0.0496. The summed E-state index contributed by atoms with van der Waals surface area (Å²) in [6.07, 6.45) is 2.19. The largest absolute Gasteiger partial charge is 0.504 e. The first-order valence-electron chi connectivity index (χ1n) is 8.32. The lowest BCUT2D eigenvalue weighted by atomic mass is 10.1. The van der Waals surface area contributed by atoms with Crippen molar-refractivity contribution in [1.82, 2.24) is 10.2 Å². The van der Waals surface area contributed by atoms with E-state index in [1.54, 1.807) is 0 Å². The number of phenolic OH excluding ortho intramolecular Hbond substituents is 1. The number of likely N-dealkylation sites (tertiary alicyclic amines) is 1. The van der Waals surface area contributed by atoms with E-state index < -0.39 is 28.9 Å². The van der Waals surface area contributed by atoms with Gasteiger partial charge in [-0.25, -0.2) is 8.78 Å². The number of aromatic hydroxyl groups is 1. The van der Waals surface area contributed by atoms with E-state index in [0.29, 0.717) is 0 Å². The maximum atomic E-state index is 13.8. The lowest BCUT2D eigenvalue weighted by molar-refractivity contribution is 0.0930. The monoisotopic (exact) mass is 346 g/mol. The average molecular weight is 346 g/mol. The molecule has 1 atom stereocenters. The molecule has 3 rings (SSSR count). The van der Waals surface area contributed by atoms with Crippen LogP contribution in [0.1, 0.15) is 34.8 Å². The Morgan fingerprint density at radius 1 is 1.08 bits per heavy atom. The zero-order valence-electron chi connectivity index (χ0n) is 13.7. The van der Waals surface area contributed by atoms with Gasteiger partial charge in [-0.05, 0) is 43.6 Å². The summed E-state index contributed by atoms with van der Waals surface area (Å²) >= 11 is 0. The Kier molecular flexibility index (Phi) is 5.28. The van der Waals surface area contributed by atoms with Crippen LogP contribution in [-0.4, -0.2) is 35.5 Å². The van der Waals surface area contributed by atoms with E-state index in [1.165, 1.54) is 0 Å². The van der Waals surface area contributed by atoms with Gasteiger partial charge in [0.15, 0.2) is 11.6 Å². The molecule has 1 unspecified atom stereocenters. The van der Waals surface area contributed by atoms with Gasteiger partial charge in [0.25, 0.3) is 5.91 Å². The van der Waals surface area contributed by atoms with Gasteiger partial charge in [-0.2, -0.15) is 0 Å². The molecule has 2 N–H and O–H groups in total. The van der Waals surface area contributed by atoms with Gasteiger partial charge in [-0.15, -0.1) is 0 Å². The summed E-state index contributed by atoms with van der Waals surface area (Å²) in [6, 6.07) is 11.3. The highest BCUT2D eigenvalue weighted by atomic mass is 19.1. The van der Waals surface area contributed by atoms with E-state index in [9.17, 15) is 18.7 Å². The molecule has 0 radical (unpaired) electrons. The highest BCUT2D eigenvalue weighted by Gasteiger charge is 2.26. The smallest absolute Gasteiger partial charge is 0.258 e. The van der Waals surface area contributed by atoms with E-state index in [1.807, 2.05) is 30.3 Å². The topological polar surface area (TPSA) is 52.6 Å². The molecule has 1 aliphatic rings. The van der Waals surface area contributed by atoms with E-state index in [0.717, 1.165) is 43.6 Å². The van der Waals surface area contributed by atoms with Gasteiger partial charge < -0.3 is 10.4 Å². The summed E-state index contributed by atoms with van der Waals surface area (Å²) in [4.78, 5) is 14.6. The number of carbonyl (C=O) groups is 1. The van der Waals surface area contributed by atoms with Crippen molar-refractivity contribution in [2.45, 2.75) is 18.9 Å². The molecule has 4 nitrogen and oxygen atoms in total. The van der Waals surface area contributed by atoms with Gasteiger partial charge in [0.05, 0.1) is 6.04 Å². The van der Waals surface area contributed by atoms with Crippen LogP contribution in [0.5, 0.6) is 5.75 Å². The summed E-state index contributed by atoms with van der Waals surface area (Å²) < 4.78 is 27.3. The molecular weight excluding hydrogens is 326 g/mol. The van der Waals surface area contributed by atoms with Crippen LogP contribution in [0.25, 0.3) is 0 Å². The average Bonchev–Trinajstić information content (AvgIpc) is 3.14. The third kappa shape index (κ3) is 3.79. The van der Waals surface area contributed by atoms with E-state index >= 15 is 0 Å². The van der Waals surface area contributed by atoms with Crippen LogP contribution in [0.3, 0.4) is 0 Å². The molecular formula is C19H20F2N2O2. The number of phenols is 1. The molecule has 2 aromatic carbocycles. The zero-order valence-corrected chi connectivity index (χ0v) is 13.7. The molecule has 1 aliphatic heterocycles. The molecule has 1 amide bonds. The Hall–Kier alpha value is -2.47. The van der Waals surface area contributed by atoms with Crippen LogP contribution in [-0.2, 0) is 0 Å². The molecule has 0 aromatic heterocycles. The fourth-order valence-corrected chi connectivity index (χ4v) is 3.22. The highest BCUT2D eigenvalue weighted by molar-refractivity contribution is 5.97. The molecule has 1 saturated heterocycles. The molecule has 0 saturated carbocycles. The lowest BCUT2D eigenvalue weighted by Gasteiger charge is -2.28. The van der Waals surface area contributed by atoms with Crippen LogP contribution in [0, 0.1) is 11.6 Å². The van der Waals surface area contributed by atoms with E-state index in [-0.39, 0.29) is 12.6 Å². The van der Waals surface area contributed by atoms with Crippen molar-refractivity contribution in [2.75, 3.05) is 19.6 Å². The number of amides is 1. The molecule has 0 bridgehead atoms. The number of halogens is 2. The molecule has 132 valence electrons. The third-order valence-corrected chi connectivity index (χ3v) is 4.53. The standard InChI is InChI=1S/C19H20F2N2O2/c20-14-8-9-15(21)18(24)17(14)19(25)22-12-16(23-10-4-5-11-23)13-6-2-1-3-7-13/h1-3,6-9,16,24H,4-5,10-12H2,(H,22,25). The summed E-state index contributed by atoms with van der Waals surface area (Å²) in [5.41, 5.74) is 0.391. The molecule has 1 heterocycles. The second-order valence-corrected chi connectivity index (χ2v) is 6.13. The van der Waals surface area contributed by atoms with E-state index in [4.69, 9.17) is 0 Å². The second-order valence-electron chi connectivity index (χ2n) is 6.13. The number of hydrogen-bond acceptors (Lipinski definition) is 3. The first-order chi connectivity index (χ1) is 12.1. The van der Waals surface area contributed by atoms with Gasteiger partial charge in [0.1, 0.15) is 11.4 Å². The van der Waals surface area contributed by atoms with Crippen LogP contribution < -0.4 is 5.32 Å². The number of hydrogen-bond donors (Lipinski definition) is 2. The van der Waals surface area contributed by atoms with Crippen molar-refractivity contribution < 1.29 is 18.7 Å². The quantitative estimate of drug-likeness (QED) is 0.874. The predicted octanol–water partition coefficient (Wildman–Crippen LogP) is 3.24. The Labute approximate surface area is 145 Å². The van der Waals surface area contributed by atoms with E-state index in [2.05, 4.69) is 10.2 Å². The molecule has 25 heavy (non-hydrogen) atoms. The Morgan fingerprint density at radius 2 is 1.72 bits per heavy atom. The fraction of sp³-hybridized carbons (Fsp3) is 0.316. The minimum atomic E-state index is -1.02. The Morgan fingerprint density at radius 3 is 2.40 bits per heavy atom. The maximum Gasteiger partial charge on any atom is 0.258 e. The third-order valence-electron chi connectivity index (χ3n) is 4.53. The SMILES string of the molecule is O=C(NCC(c1ccccc1)N1CCCC1)c1c(F)ccc(F)c1O. The van der Waals surface area contributed by atoms with Gasteiger partial charge >= 0.3 is 0 Å². The van der Waals surface area contributed by atoms with Gasteiger partial charge in [0, 0.05) is 6.54 Å². The minimum Gasteiger partial charge on any atom is -0.504 e. The van der Waals surface area contributed by atoms with Crippen LogP contribution in [0.2, 0.25) is 0 Å². The zero-order chi connectivity index (χ0) is 17.8. The molecule has 6 heteroatoms. The predicted molar refractivity (Wildman–Crippen MR) is 90.3 cm³/mol. The van der Waals surface area contributed by atoms with Crippen LogP contribution in [0.15, 0.2) is 42.5 Å². The number of rotatable bonds is 5.